The highest BCUT2D eigenvalue weighted by Gasteiger charge is 2.13. The van der Waals surface area contributed by atoms with E-state index < -0.39 is 0 Å². The van der Waals surface area contributed by atoms with E-state index in [0.29, 0.717) is 17.7 Å². The number of rotatable bonds is 4. The number of carbonyl (C=O) groups excluding carboxylic acids is 1. The van der Waals surface area contributed by atoms with Crippen LogP contribution in [0.15, 0.2) is 42.6 Å². The van der Waals surface area contributed by atoms with Gasteiger partial charge in [-0.05, 0) is 41.5 Å². The molecule has 5 nitrogen and oxygen atoms in total. The van der Waals surface area contributed by atoms with Gasteiger partial charge in [-0.2, -0.15) is 0 Å². The van der Waals surface area contributed by atoms with Gasteiger partial charge in [-0.25, -0.2) is 4.79 Å². The summed E-state index contributed by atoms with van der Waals surface area (Å²) in [5.41, 5.74) is 10.4. The summed E-state index contributed by atoms with van der Waals surface area (Å²) in [5, 5.41) is 1.12. The minimum Gasteiger partial charge on any atom is -0.496 e. The lowest BCUT2D eigenvalue weighted by atomic mass is 10.0. The summed E-state index contributed by atoms with van der Waals surface area (Å²) in [5.74, 6) is 0.289. The van der Waals surface area contributed by atoms with Crippen molar-refractivity contribution < 1.29 is 14.3 Å². The van der Waals surface area contributed by atoms with Gasteiger partial charge in [0.2, 0.25) is 0 Å². The van der Waals surface area contributed by atoms with Gasteiger partial charge in [0.05, 0.1) is 19.8 Å². The second-order valence-corrected chi connectivity index (χ2v) is 5.74. The topological polar surface area (TPSA) is 66.5 Å². The van der Waals surface area contributed by atoms with Crippen molar-refractivity contribution in [3.63, 3.8) is 0 Å². The van der Waals surface area contributed by atoms with Crippen LogP contribution in [0.1, 0.15) is 35.3 Å². The van der Waals surface area contributed by atoms with Crippen molar-refractivity contribution in [1.29, 1.82) is 0 Å². The van der Waals surface area contributed by atoms with Crippen LogP contribution in [-0.2, 0) is 18.2 Å². The summed E-state index contributed by atoms with van der Waals surface area (Å²) in [6.45, 7) is 4.00. The second-order valence-electron chi connectivity index (χ2n) is 5.74. The highest BCUT2D eigenvalue weighted by atomic mass is 16.5. The minimum absolute atomic E-state index is 0.377. The van der Waals surface area contributed by atoms with Crippen molar-refractivity contribution in [1.82, 2.24) is 4.57 Å². The van der Waals surface area contributed by atoms with Crippen molar-refractivity contribution in [2.45, 2.75) is 20.3 Å². The van der Waals surface area contributed by atoms with E-state index in [1.807, 2.05) is 45.2 Å². The first-order chi connectivity index (χ1) is 12.5. The molecule has 138 valence electrons. The molecule has 0 aliphatic heterocycles. The zero-order valence-corrected chi connectivity index (χ0v) is 16.0. The molecule has 0 aliphatic rings. The molecule has 2 aromatic carbocycles. The van der Waals surface area contributed by atoms with Crippen molar-refractivity contribution >= 4 is 22.6 Å². The molecule has 5 heteroatoms. The van der Waals surface area contributed by atoms with Gasteiger partial charge in [-0.1, -0.05) is 19.9 Å². The molecule has 0 unspecified atom stereocenters. The molecule has 0 atom stereocenters. The fraction of sp³-hybridized carbons (Fsp3) is 0.286. The van der Waals surface area contributed by atoms with Crippen LogP contribution in [0.3, 0.4) is 0 Å². The normalized spacial score (nSPS) is 10.2. The number of nitrogens with two attached hydrogens (primary N) is 1. The number of esters is 1. The predicted octanol–water partition coefficient (Wildman–Crippen LogP) is 4.17. The fourth-order valence-corrected chi connectivity index (χ4v) is 2.97. The van der Waals surface area contributed by atoms with Crippen molar-refractivity contribution in [2.24, 2.45) is 7.05 Å². The summed E-state index contributed by atoms with van der Waals surface area (Å²) >= 11 is 0. The molecule has 0 aliphatic carbocycles. The fourth-order valence-electron chi connectivity index (χ4n) is 2.97. The number of aryl methyl sites for hydroxylation is 1. The third-order valence-electron chi connectivity index (χ3n) is 4.19. The van der Waals surface area contributed by atoms with E-state index in [0.717, 1.165) is 27.7 Å². The minimum atomic E-state index is -0.377. The maximum absolute atomic E-state index is 11.7. The van der Waals surface area contributed by atoms with Crippen LogP contribution in [0.4, 0.5) is 5.69 Å². The molecule has 2 N–H and O–H groups in total. The van der Waals surface area contributed by atoms with Gasteiger partial charge in [0.1, 0.15) is 5.75 Å². The van der Waals surface area contributed by atoms with E-state index in [-0.39, 0.29) is 5.97 Å². The number of nitrogens with zero attached hydrogens (tertiary/aromatic N) is 1. The van der Waals surface area contributed by atoms with Crippen LogP contribution in [0, 0.1) is 0 Å². The van der Waals surface area contributed by atoms with Crippen molar-refractivity contribution in [2.75, 3.05) is 20.0 Å². The first-order valence-corrected chi connectivity index (χ1v) is 8.62. The van der Waals surface area contributed by atoms with Crippen molar-refractivity contribution in [3.05, 3.63) is 59.3 Å². The summed E-state index contributed by atoms with van der Waals surface area (Å²) < 4.78 is 12.3. The first kappa shape index (κ1) is 19.4. The van der Waals surface area contributed by atoms with E-state index in [9.17, 15) is 4.79 Å². The third kappa shape index (κ3) is 3.82. The van der Waals surface area contributed by atoms with Gasteiger partial charge in [0.25, 0.3) is 0 Å². The quantitative estimate of drug-likeness (QED) is 0.564. The Bertz CT molecular complexity index is 913. The molecule has 1 aromatic heterocycles. The van der Waals surface area contributed by atoms with Gasteiger partial charge < -0.3 is 19.8 Å². The monoisotopic (exact) mass is 354 g/mol. The molecular weight excluding hydrogens is 328 g/mol. The lowest BCUT2D eigenvalue weighted by Gasteiger charge is -2.10. The zero-order chi connectivity index (χ0) is 19.3. The molecule has 0 saturated carbocycles. The summed E-state index contributed by atoms with van der Waals surface area (Å²) in [6.07, 6.45) is 2.78. The first-order valence-electron chi connectivity index (χ1n) is 8.62. The predicted molar refractivity (Wildman–Crippen MR) is 106 cm³/mol. The Kier molecular flexibility index (Phi) is 6.28. The zero-order valence-electron chi connectivity index (χ0n) is 16.0. The Morgan fingerprint density at radius 1 is 1.08 bits per heavy atom. The molecular formula is C21H26N2O3. The van der Waals surface area contributed by atoms with Crippen LogP contribution in [0.5, 0.6) is 5.75 Å². The number of fused-ring (bicyclic) bond motifs is 1. The van der Waals surface area contributed by atoms with Crippen LogP contribution in [0.25, 0.3) is 10.9 Å². The van der Waals surface area contributed by atoms with Gasteiger partial charge >= 0.3 is 5.97 Å². The highest BCUT2D eigenvalue weighted by Crippen LogP contribution is 2.29. The molecule has 1 heterocycles. The number of carbonyl (C=O) groups is 1. The van der Waals surface area contributed by atoms with Crippen LogP contribution in [0.2, 0.25) is 0 Å². The molecule has 0 amide bonds. The third-order valence-corrected chi connectivity index (χ3v) is 4.19. The number of benzene rings is 2. The van der Waals surface area contributed by atoms with E-state index in [1.54, 1.807) is 19.2 Å². The lowest BCUT2D eigenvalue weighted by molar-refractivity contribution is 0.0600. The van der Waals surface area contributed by atoms with E-state index in [2.05, 4.69) is 10.8 Å². The lowest BCUT2D eigenvalue weighted by Crippen LogP contribution is -2.03. The number of methoxy groups -OCH3 is 2. The Hall–Kier alpha value is -2.95. The van der Waals surface area contributed by atoms with Crippen LogP contribution >= 0.6 is 0 Å². The average Bonchev–Trinajstić information content (AvgIpc) is 2.97. The maximum Gasteiger partial charge on any atom is 0.337 e. The molecule has 0 saturated heterocycles. The molecule has 0 bridgehead atoms. The van der Waals surface area contributed by atoms with Crippen LogP contribution in [-0.4, -0.2) is 24.8 Å². The molecule has 3 aromatic rings. The van der Waals surface area contributed by atoms with E-state index in [4.69, 9.17) is 15.2 Å². The van der Waals surface area contributed by atoms with Gasteiger partial charge in [-0.15, -0.1) is 0 Å². The smallest absolute Gasteiger partial charge is 0.337 e. The van der Waals surface area contributed by atoms with Gasteiger partial charge in [0, 0.05) is 36.3 Å². The Labute approximate surface area is 154 Å². The standard InChI is InChI=1S/C19H20N2O3.C2H6/c1-21-11-14(16-10-15(20)6-7-17(16)21)8-12-4-5-13(19(22)24-3)9-18(12)23-2;1-2/h4-7,9-11H,8,20H2,1-3H3;1-2H3. The summed E-state index contributed by atoms with van der Waals surface area (Å²) in [4.78, 5) is 11.7. The molecule has 0 radical (unpaired) electrons. The number of ether oxygens (including phenoxy) is 2. The number of anilines is 1. The summed E-state index contributed by atoms with van der Waals surface area (Å²) in [6, 6.07) is 11.3. The van der Waals surface area contributed by atoms with Crippen molar-refractivity contribution in [3.8, 4) is 5.75 Å². The van der Waals surface area contributed by atoms with Gasteiger partial charge in [0.15, 0.2) is 0 Å². The second kappa shape index (κ2) is 8.43. The Morgan fingerprint density at radius 2 is 1.81 bits per heavy atom. The Morgan fingerprint density at radius 3 is 2.46 bits per heavy atom. The van der Waals surface area contributed by atoms with Crippen LogP contribution < -0.4 is 10.5 Å². The SMILES string of the molecule is CC.COC(=O)c1ccc(Cc2cn(C)c3ccc(N)cc23)c(OC)c1. The summed E-state index contributed by atoms with van der Waals surface area (Å²) in [7, 11) is 4.98. The highest BCUT2D eigenvalue weighted by molar-refractivity contribution is 5.90. The number of hydrogen-bond donors (Lipinski definition) is 1. The molecule has 3 rings (SSSR count). The average molecular weight is 354 g/mol. The maximum atomic E-state index is 11.7. The van der Waals surface area contributed by atoms with Gasteiger partial charge in [-0.3, -0.25) is 0 Å². The molecule has 0 fully saturated rings. The number of aromatic nitrogens is 1. The van der Waals surface area contributed by atoms with E-state index >= 15 is 0 Å². The number of nitrogen functional groups attached to an aromatic ring is 1. The molecule has 26 heavy (non-hydrogen) atoms. The Balaban J connectivity index is 0.00000117. The largest absolute Gasteiger partial charge is 0.496 e. The van der Waals surface area contributed by atoms with E-state index in [1.165, 1.54) is 7.11 Å². The molecule has 0 spiro atoms. The number of hydrogen-bond acceptors (Lipinski definition) is 4.